The first-order valence-corrected chi connectivity index (χ1v) is 7.05. The van der Waals surface area contributed by atoms with Crippen LogP contribution in [0.25, 0.3) is 11.8 Å². The maximum Gasteiger partial charge on any atom is 0.343 e. The van der Waals surface area contributed by atoms with Crippen LogP contribution < -0.4 is 0 Å². The Morgan fingerprint density at radius 2 is 1.67 bits per heavy atom. The predicted octanol–water partition coefficient (Wildman–Crippen LogP) is 4.97. The summed E-state index contributed by atoms with van der Waals surface area (Å²) in [7, 11) is 0. The highest BCUT2D eigenvalue weighted by Crippen LogP contribution is 2.29. The summed E-state index contributed by atoms with van der Waals surface area (Å²) < 4.78 is 5.28. The smallest absolute Gasteiger partial charge is 0.343 e. The molecule has 0 bridgehead atoms. The highest BCUT2D eigenvalue weighted by Gasteiger charge is 2.22. The molecule has 3 rings (SSSR count). The number of halogens is 2. The summed E-state index contributed by atoms with van der Waals surface area (Å²) >= 11 is 11.9. The van der Waals surface area contributed by atoms with Gasteiger partial charge in [0.15, 0.2) is 0 Å². The second kappa shape index (κ2) is 5.76. The van der Waals surface area contributed by atoms with Crippen molar-refractivity contribution in [2.24, 2.45) is 0 Å². The van der Waals surface area contributed by atoms with Crippen LogP contribution in [0, 0.1) is 0 Å². The lowest BCUT2D eigenvalue weighted by Gasteiger charge is -2.01. The van der Waals surface area contributed by atoms with Crippen LogP contribution in [-0.2, 0) is 9.53 Å². The van der Waals surface area contributed by atoms with Crippen molar-refractivity contribution in [2.75, 3.05) is 0 Å². The van der Waals surface area contributed by atoms with Gasteiger partial charge in [0.05, 0.1) is 5.57 Å². The van der Waals surface area contributed by atoms with E-state index in [1.54, 1.807) is 42.5 Å². The number of carbonyl (C=O) groups excluding carboxylic acids is 1. The lowest BCUT2D eigenvalue weighted by molar-refractivity contribution is -0.130. The number of esters is 1. The van der Waals surface area contributed by atoms with E-state index < -0.39 is 0 Å². The molecule has 0 unspecified atom stereocenters. The third-order valence-corrected chi connectivity index (χ3v) is 3.67. The van der Waals surface area contributed by atoms with Crippen LogP contribution >= 0.6 is 23.2 Å². The SMILES string of the molecule is O=C1OC(c2ccc(Cl)cc2)=C/C1=C\c1ccccc1Cl. The maximum absolute atomic E-state index is 11.9. The molecular formula is C17H10Cl2O2. The summed E-state index contributed by atoms with van der Waals surface area (Å²) in [5.74, 6) is 0.120. The van der Waals surface area contributed by atoms with Crippen molar-refractivity contribution in [1.29, 1.82) is 0 Å². The van der Waals surface area contributed by atoms with Crippen LogP contribution in [0.5, 0.6) is 0 Å². The van der Waals surface area contributed by atoms with E-state index in [2.05, 4.69) is 0 Å². The number of benzene rings is 2. The standard InChI is InChI=1S/C17H10Cl2O2/c18-14-7-5-11(6-8-14)16-10-13(17(20)21-16)9-12-3-1-2-4-15(12)19/h1-10H/b13-9+. The van der Waals surface area contributed by atoms with Crippen LogP contribution in [0.3, 0.4) is 0 Å². The molecule has 0 atom stereocenters. The van der Waals surface area contributed by atoms with Gasteiger partial charge in [0.2, 0.25) is 0 Å². The van der Waals surface area contributed by atoms with Crippen molar-refractivity contribution in [3.8, 4) is 0 Å². The molecular weight excluding hydrogens is 307 g/mol. The molecule has 0 aromatic heterocycles. The first kappa shape index (κ1) is 13.9. The third kappa shape index (κ3) is 3.02. The Morgan fingerprint density at radius 3 is 2.38 bits per heavy atom. The van der Waals surface area contributed by atoms with Crippen LogP contribution in [0.4, 0.5) is 0 Å². The minimum atomic E-state index is -0.389. The normalized spacial score (nSPS) is 16.0. The number of rotatable bonds is 2. The zero-order valence-electron chi connectivity index (χ0n) is 10.8. The van der Waals surface area contributed by atoms with E-state index in [1.807, 2.05) is 18.2 Å². The van der Waals surface area contributed by atoms with Crippen LogP contribution in [0.15, 0.2) is 60.2 Å². The summed E-state index contributed by atoms with van der Waals surface area (Å²) in [5.41, 5.74) is 2.04. The van der Waals surface area contributed by atoms with Gasteiger partial charge < -0.3 is 4.74 Å². The average Bonchev–Trinajstić information content (AvgIpc) is 2.83. The van der Waals surface area contributed by atoms with Crippen molar-refractivity contribution in [3.05, 3.63) is 81.4 Å². The van der Waals surface area contributed by atoms with Crippen LogP contribution in [0.2, 0.25) is 10.0 Å². The highest BCUT2D eigenvalue weighted by atomic mass is 35.5. The fraction of sp³-hybridized carbons (Fsp3) is 0. The second-order valence-electron chi connectivity index (χ2n) is 4.53. The summed E-state index contributed by atoms with van der Waals surface area (Å²) in [5, 5.41) is 1.22. The van der Waals surface area contributed by atoms with E-state index in [9.17, 15) is 4.79 Å². The van der Waals surface area contributed by atoms with E-state index in [0.717, 1.165) is 11.1 Å². The van der Waals surface area contributed by atoms with Gasteiger partial charge >= 0.3 is 5.97 Å². The van der Waals surface area contributed by atoms with Gasteiger partial charge in [-0.25, -0.2) is 4.79 Å². The Morgan fingerprint density at radius 1 is 0.952 bits per heavy atom. The molecule has 0 spiro atoms. The van der Waals surface area contributed by atoms with Crippen molar-refractivity contribution < 1.29 is 9.53 Å². The maximum atomic E-state index is 11.9. The molecule has 1 aliphatic heterocycles. The fourth-order valence-corrected chi connectivity index (χ4v) is 2.32. The molecule has 1 aliphatic rings. The van der Waals surface area contributed by atoms with Crippen LogP contribution in [-0.4, -0.2) is 5.97 Å². The van der Waals surface area contributed by atoms with Gasteiger partial charge in [-0.3, -0.25) is 0 Å². The van der Waals surface area contributed by atoms with Gasteiger partial charge in [0, 0.05) is 15.6 Å². The lowest BCUT2D eigenvalue weighted by Crippen LogP contribution is -1.97. The molecule has 1 heterocycles. The molecule has 0 saturated carbocycles. The Balaban J connectivity index is 1.96. The number of cyclic esters (lactones) is 1. The first-order chi connectivity index (χ1) is 10.1. The summed E-state index contributed by atoms with van der Waals surface area (Å²) in [6.45, 7) is 0. The molecule has 104 valence electrons. The summed E-state index contributed by atoms with van der Waals surface area (Å²) in [6.07, 6.45) is 3.42. The molecule has 4 heteroatoms. The van der Waals surface area contributed by atoms with Gasteiger partial charge in [-0.1, -0.05) is 41.4 Å². The van der Waals surface area contributed by atoms with E-state index in [0.29, 0.717) is 21.4 Å². The van der Waals surface area contributed by atoms with E-state index in [1.165, 1.54) is 0 Å². The van der Waals surface area contributed by atoms with Crippen LogP contribution in [0.1, 0.15) is 11.1 Å². The predicted molar refractivity (Wildman–Crippen MR) is 85.0 cm³/mol. The van der Waals surface area contributed by atoms with Crippen molar-refractivity contribution in [2.45, 2.75) is 0 Å². The number of hydrogen-bond donors (Lipinski definition) is 0. The minimum absolute atomic E-state index is 0.389. The highest BCUT2D eigenvalue weighted by molar-refractivity contribution is 6.32. The fourth-order valence-electron chi connectivity index (χ4n) is 2.01. The third-order valence-electron chi connectivity index (χ3n) is 3.07. The van der Waals surface area contributed by atoms with E-state index >= 15 is 0 Å². The molecule has 0 aliphatic carbocycles. The van der Waals surface area contributed by atoms with Crippen molar-refractivity contribution in [1.82, 2.24) is 0 Å². The minimum Gasteiger partial charge on any atom is -0.422 e. The van der Waals surface area contributed by atoms with Crippen molar-refractivity contribution >= 4 is 41.0 Å². The molecule has 0 saturated heterocycles. The Labute approximate surface area is 132 Å². The zero-order chi connectivity index (χ0) is 14.8. The molecule has 2 nitrogen and oxygen atoms in total. The molecule has 0 amide bonds. The van der Waals surface area contributed by atoms with Crippen molar-refractivity contribution in [3.63, 3.8) is 0 Å². The monoisotopic (exact) mass is 316 g/mol. The topological polar surface area (TPSA) is 26.3 Å². The van der Waals surface area contributed by atoms with Gasteiger partial charge in [0.25, 0.3) is 0 Å². The molecule has 0 fully saturated rings. The molecule has 21 heavy (non-hydrogen) atoms. The molecule has 2 aromatic carbocycles. The van der Waals surface area contributed by atoms with Gasteiger partial charge in [0.1, 0.15) is 5.76 Å². The Bertz CT molecular complexity index is 759. The molecule has 0 radical (unpaired) electrons. The summed E-state index contributed by atoms with van der Waals surface area (Å²) in [4.78, 5) is 11.9. The van der Waals surface area contributed by atoms with Gasteiger partial charge in [-0.2, -0.15) is 0 Å². The molecule has 0 N–H and O–H groups in total. The Hall–Kier alpha value is -2.03. The number of hydrogen-bond acceptors (Lipinski definition) is 2. The molecule has 2 aromatic rings. The number of carbonyl (C=O) groups is 1. The van der Waals surface area contributed by atoms with Gasteiger partial charge in [-0.15, -0.1) is 0 Å². The zero-order valence-corrected chi connectivity index (χ0v) is 12.4. The largest absolute Gasteiger partial charge is 0.422 e. The second-order valence-corrected chi connectivity index (χ2v) is 5.37. The average molecular weight is 317 g/mol. The lowest BCUT2D eigenvalue weighted by atomic mass is 10.1. The van der Waals surface area contributed by atoms with E-state index in [-0.39, 0.29) is 5.97 Å². The Kier molecular flexibility index (Phi) is 3.82. The summed E-state index contributed by atoms with van der Waals surface area (Å²) in [6, 6.07) is 14.4. The first-order valence-electron chi connectivity index (χ1n) is 6.29. The van der Waals surface area contributed by atoms with E-state index in [4.69, 9.17) is 27.9 Å². The number of ether oxygens (including phenoxy) is 1. The van der Waals surface area contributed by atoms with Gasteiger partial charge in [-0.05, 0) is 48.0 Å². The quantitative estimate of drug-likeness (QED) is 0.577.